The summed E-state index contributed by atoms with van der Waals surface area (Å²) in [6.07, 6.45) is 1.41. The average Bonchev–Trinajstić information content (AvgIpc) is 3.09. The molecule has 0 aliphatic rings. The van der Waals surface area contributed by atoms with Crippen molar-refractivity contribution in [3.8, 4) is 11.3 Å². The molecule has 0 aliphatic carbocycles. The number of nitro groups is 1. The molecule has 3 aromatic rings. The summed E-state index contributed by atoms with van der Waals surface area (Å²) < 4.78 is 5.25. The van der Waals surface area contributed by atoms with Crippen LogP contribution in [0.25, 0.3) is 11.3 Å². The lowest BCUT2D eigenvalue weighted by Crippen LogP contribution is -1.91. The Kier molecular flexibility index (Phi) is 4.62. The summed E-state index contributed by atoms with van der Waals surface area (Å²) in [5, 5.41) is 18.4. The van der Waals surface area contributed by atoms with Gasteiger partial charge in [0.15, 0.2) is 12.4 Å². The molecular weight excluding hydrogens is 310 g/mol. The molecule has 1 heterocycles. The largest absolute Gasteiger partial charge is 0.389 e. The SMILES string of the molecule is O=[N+]([O-])c1cccc(C=NOCc2cc(-c3ccccc3)on2)c1. The molecule has 0 spiro atoms. The fourth-order valence-electron chi connectivity index (χ4n) is 2.04. The normalized spacial score (nSPS) is 10.8. The molecular formula is C17H13N3O4. The van der Waals surface area contributed by atoms with Crippen molar-refractivity contribution in [2.24, 2.45) is 5.16 Å². The Morgan fingerprint density at radius 2 is 2.00 bits per heavy atom. The summed E-state index contributed by atoms with van der Waals surface area (Å²) in [6.45, 7) is 0.141. The van der Waals surface area contributed by atoms with Crippen LogP contribution in [0.15, 0.2) is 70.3 Å². The topological polar surface area (TPSA) is 90.8 Å². The number of hydrogen-bond donors (Lipinski definition) is 0. The Morgan fingerprint density at radius 1 is 1.17 bits per heavy atom. The summed E-state index contributed by atoms with van der Waals surface area (Å²) in [5.74, 6) is 0.650. The Labute approximate surface area is 137 Å². The molecule has 0 aliphatic heterocycles. The van der Waals surface area contributed by atoms with E-state index in [9.17, 15) is 10.1 Å². The van der Waals surface area contributed by atoms with E-state index >= 15 is 0 Å². The van der Waals surface area contributed by atoms with E-state index in [1.165, 1.54) is 18.3 Å². The van der Waals surface area contributed by atoms with Crippen molar-refractivity contribution >= 4 is 11.9 Å². The van der Waals surface area contributed by atoms with Gasteiger partial charge in [0.1, 0.15) is 5.69 Å². The zero-order valence-corrected chi connectivity index (χ0v) is 12.5. The fourth-order valence-corrected chi connectivity index (χ4v) is 2.04. The third-order valence-electron chi connectivity index (χ3n) is 3.19. The van der Waals surface area contributed by atoms with Crippen molar-refractivity contribution in [3.05, 3.63) is 82.0 Å². The number of rotatable bonds is 6. The van der Waals surface area contributed by atoms with Crippen LogP contribution in [0.3, 0.4) is 0 Å². The van der Waals surface area contributed by atoms with Gasteiger partial charge in [0.25, 0.3) is 5.69 Å². The number of nitrogens with zero attached hydrogens (tertiary/aromatic N) is 3. The van der Waals surface area contributed by atoms with Gasteiger partial charge in [-0.2, -0.15) is 0 Å². The number of nitro benzene ring substituents is 1. The molecule has 0 N–H and O–H groups in total. The zero-order valence-electron chi connectivity index (χ0n) is 12.5. The number of benzene rings is 2. The highest BCUT2D eigenvalue weighted by molar-refractivity contribution is 5.80. The van der Waals surface area contributed by atoms with E-state index in [0.717, 1.165) is 5.56 Å². The highest BCUT2D eigenvalue weighted by atomic mass is 16.6. The molecule has 0 amide bonds. The first-order valence-corrected chi connectivity index (χ1v) is 7.13. The molecule has 0 atom stereocenters. The lowest BCUT2D eigenvalue weighted by atomic mass is 10.2. The molecule has 0 radical (unpaired) electrons. The van der Waals surface area contributed by atoms with E-state index in [2.05, 4.69) is 10.3 Å². The second-order valence-electron chi connectivity index (χ2n) is 4.91. The van der Waals surface area contributed by atoms with E-state index < -0.39 is 4.92 Å². The molecule has 2 aromatic carbocycles. The second-order valence-corrected chi connectivity index (χ2v) is 4.91. The number of aromatic nitrogens is 1. The van der Waals surface area contributed by atoms with E-state index in [1.54, 1.807) is 18.2 Å². The monoisotopic (exact) mass is 323 g/mol. The van der Waals surface area contributed by atoms with Crippen LogP contribution in [-0.2, 0) is 11.4 Å². The van der Waals surface area contributed by atoms with Gasteiger partial charge >= 0.3 is 0 Å². The van der Waals surface area contributed by atoms with Gasteiger partial charge in [0.05, 0.1) is 11.1 Å². The molecule has 7 nitrogen and oxygen atoms in total. The van der Waals surface area contributed by atoms with Gasteiger partial charge in [-0.25, -0.2) is 0 Å². The van der Waals surface area contributed by atoms with Gasteiger partial charge in [0, 0.05) is 29.3 Å². The van der Waals surface area contributed by atoms with Gasteiger partial charge < -0.3 is 9.36 Å². The molecule has 24 heavy (non-hydrogen) atoms. The molecule has 120 valence electrons. The summed E-state index contributed by atoms with van der Waals surface area (Å²) in [7, 11) is 0. The Morgan fingerprint density at radius 3 is 2.79 bits per heavy atom. The maximum atomic E-state index is 10.7. The first-order valence-electron chi connectivity index (χ1n) is 7.13. The number of hydrogen-bond acceptors (Lipinski definition) is 6. The van der Waals surface area contributed by atoms with Crippen molar-refractivity contribution in [1.82, 2.24) is 5.16 Å². The highest BCUT2D eigenvalue weighted by Crippen LogP contribution is 2.20. The van der Waals surface area contributed by atoms with Crippen LogP contribution >= 0.6 is 0 Å². The van der Waals surface area contributed by atoms with Crippen LogP contribution in [0.5, 0.6) is 0 Å². The number of non-ortho nitro benzene ring substituents is 1. The molecule has 0 fully saturated rings. The Hall–Kier alpha value is -3.48. The van der Waals surface area contributed by atoms with Crippen molar-refractivity contribution in [3.63, 3.8) is 0 Å². The van der Waals surface area contributed by atoms with Crippen molar-refractivity contribution in [2.45, 2.75) is 6.61 Å². The van der Waals surface area contributed by atoms with Gasteiger partial charge in [-0.15, -0.1) is 0 Å². The third kappa shape index (κ3) is 3.83. The van der Waals surface area contributed by atoms with E-state index in [-0.39, 0.29) is 12.3 Å². The maximum absolute atomic E-state index is 10.7. The van der Waals surface area contributed by atoms with Crippen LogP contribution in [0.1, 0.15) is 11.3 Å². The van der Waals surface area contributed by atoms with Gasteiger partial charge in [-0.3, -0.25) is 10.1 Å². The lowest BCUT2D eigenvalue weighted by Gasteiger charge is -1.95. The van der Waals surface area contributed by atoms with Crippen LogP contribution in [0, 0.1) is 10.1 Å². The fraction of sp³-hybridized carbons (Fsp3) is 0.0588. The minimum atomic E-state index is -0.460. The molecule has 1 aromatic heterocycles. The maximum Gasteiger partial charge on any atom is 0.270 e. The Bertz CT molecular complexity index is 859. The number of oxime groups is 1. The lowest BCUT2D eigenvalue weighted by molar-refractivity contribution is -0.384. The van der Waals surface area contributed by atoms with Crippen LogP contribution in [0.4, 0.5) is 5.69 Å². The van der Waals surface area contributed by atoms with Crippen LogP contribution < -0.4 is 0 Å². The van der Waals surface area contributed by atoms with Crippen molar-refractivity contribution in [2.75, 3.05) is 0 Å². The molecule has 3 rings (SSSR count). The smallest absolute Gasteiger partial charge is 0.270 e. The third-order valence-corrected chi connectivity index (χ3v) is 3.19. The van der Waals surface area contributed by atoms with Crippen LogP contribution in [-0.4, -0.2) is 16.3 Å². The van der Waals surface area contributed by atoms with Gasteiger partial charge in [-0.1, -0.05) is 52.8 Å². The quantitative estimate of drug-likeness (QED) is 0.391. The molecule has 0 bridgehead atoms. The molecule has 0 saturated carbocycles. The molecule has 0 saturated heterocycles. The highest BCUT2D eigenvalue weighted by Gasteiger charge is 2.07. The van der Waals surface area contributed by atoms with Gasteiger partial charge in [0.2, 0.25) is 0 Å². The predicted octanol–water partition coefficient (Wildman–Crippen LogP) is 3.80. The summed E-state index contributed by atoms with van der Waals surface area (Å²) in [6, 6.07) is 17.5. The van der Waals surface area contributed by atoms with Crippen molar-refractivity contribution < 1.29 is 14.3 Å². The van der Waals surface area contributed by atoms with Gasteiger partial charge in [-0.05, 0) is 0 Å². The summed E-state index contributed by atoms with van der Waals surface area (Å²) in [5.41, 5.74) is 2.11. The van der Waals surface area contributed by atoms with E-state index in [4.69, 9.17) is 9.36 Å². The van der Waals surface area contributed by atoms with Crippen LogP contribution in [0.2, 0.25) is 0 Å². The molecule has 7 heteroatoms. The standard InChI is InChI=1S/C17H13N3O4/c21-20(22)16-8-4-5-13(9-16)11-18-23-12-15-10-17(24-19-15)14-6-2-1-3-7-14/h1-11H,12H2. The van der Waals surface area contributed by atoms with E-state index in [1.807, 2.05) is 30.3 Å². The Balaban J connectivity index is 1.58. The average molecular weight is 323 g/mol. The second kappa shape index (κ2) is 7.19. The van der Waals surface area contributed by atoms with E-state index in [0.29, 0.717) is 17.0 Å². The predicted molar refractivity (Wildman–Crippen MR) is 87.4 cm³/mol. The first kappa shape index (κ1) is 15.4. The minimum Gasteiger partial charge on any atom is -0.389 e. The minimum absolute atomic E-state index is 0.00274. The molecule has 0 unspecified atom stereocenters. The van der Waals surface area contributed by atoms with Crippen molar-refractivity contribution in [1.29, 1.82) is 0 Å². The zero-order chi connectivity index (χ0) is 16.8. The first-order chi connectivity index (χ1) is 11.7. The summed E-state index contributed by atoms with van der Waals surface area (Å²) >= 11 is 0. The summed E-state index contributed by atoms with van der Waals surface area (Å²) in [4.78, 5) is 15.4.